The molecule has 2 aromatic rings. The van der Waals surface area contributed by atoms with Gasteiger partial charge in [-0.3, -0.25) is 0 Å². The molecule has 0 aliphatic heterocycles. The van der Waals surface area contributed by atoms with E-state index in [4.69, 9.17) is 8.19 Å². The topological polar surface area (TPSA) is 134 Å². The minimum Gasteiger partial charge on any atom is -0.619 e. The zero-order valence-electron chi connectivity index (χ0n) is 13.4. The molecule has 24 heavy (non-hydrogen) atoms. The molecule has 4 N–H and O–H groups in total. The Kier molecular flexibility index (Phi) is 6.59. The number of aromatic hydroxyl groups is 1. The molecule has 1 heterocycles. The molecule has 0 aliphatic rings. The summed E-state index contributed by atoms with van der Waals surface area (Å²) in [6.45, 7) is 4.54. The van der Waals surface area contributed by atoms with Crippen LogP contribution >= 0.6 is 0 Å². The molecule has 0 radical (unpaired) electrons. The summed E-state index contributed by atoms with van der Waals surface area (Å²) >= 11 is -5.12. The first kappa shape index (κ1) is 19.8. The molecule has 0 aliphatic carbocycles. The average Bonchev–Trinajstić information content (AvgIpc) is 2.46. The molecule has 8 nitrogen and oxygen atoms in total. The normalized spacial score (nSPS) is 10.5. The van der Waals surface area contributed by atoms with Crippen molar-refractivity contribution >= 4 is 30.1 Å². The summed E-state index contributed by atoms with van der Waals surface area (Å²) in [4.78, 5) is 10.8. The smallest absolute Gasteiger partial charge is 0.189 e. The van der Waals surface area contributed by atoms with Crippen LogP contribution in [0, 0.1) is 19.1 Å². The van der Waals surface area contributed by atoms with E-state index >= 15 is 0 Å². The number of carbonyl (C=O) groups is 1. The van der Waals surface area contributed by atoms with Crippen LogP contribution in [0.1, 0.15) is 18.2 Å². The number of hydrogen-bond acceptors (Lipinski definition) is 4. The number of amides is 1. The Balaban J connectivity index is 0.000000300. The molecule has 9 heteroatoms. The molecule has 1 amide bonds. The molecule has 130 valence electrons. The van der Waals surface area contributed by atoms with E-state index in [9.17, 15) is 18.8 Å². The van der Waals surface area contributed by atoms with Crippen molar-refractivity contribution in [3.63, 3.8) is 0 Å². The summed E-state index contributed by atoms with van der Waals surface area (Å²) in [6, 6.07) is 7.79. The van der Waals surface area contributed by atoms with E-state index in [-0.39, 0.29) is 15.8 Å². The second-order valence-corrected chi connectivity index (χ2v) is 8.29. The minimum atomic E-state index is -5.12. The molecule has 1 aromatic carbocycles. The third kappa shape index (κ3) is 5.42. The number of pyridine rings is 1. The number of nitrogens with zero attached hydrogens (tertiary/aromatic N) is 1. The first-order valence-corrected chi connectivity index (χ1v) is 10.2. The van der Waals surface area contributed by atoms with Gasteiger partial charge in [-0.15, -0.1) is 0 Å². The van der Waals surface area contributed by atoms with Crippen LogP contribution in [-0.2, 0) is 8.53 Å². The van der Waals surface area contributed by atoms with Crippen LogP contribution in [0.15, 0.2) is 36.5 Å². The first-order chi connectivity index (χ1) is 11.0. The molecule has 2 rings (SSSR count). The largest absolute Gasteiger partial charge is 0.619 e. The number of hydrogen-bond donors (Lipinski definition) is 4. The summed E-state index contributed by atoms with van der Waals surface area (Å²) in [7, 11) is 0. The van der Waals surface area contributed by atoms with E-state index in [2.05, 4.69) is 5.32 Å². The fourth-order valence-electron chi connectivity index (χ4n) is 1.76. The van der Waals surface area contributed by atoms with Gasteiger partial charge < -0.3 is 5.21 Å². The van der Waals surface area contributed by atoms with E-state index in [1.807, 2.05) is 6.07 Å². The van der Waals surface area contributed by atoms with Crippen LogP contribution in [-0.4, -0.2) is 33.4 Å². The molecular formula is C15H19AsN2O6. The fraction of sp³-hybridized carbons (Fsp3) is 0.200. The number of carbonyl (C=O) groups excluding carboxylic acids is 1. The van der Waals surface area contributed by atoms with Crippen molar-refractivity contribution in [2.75, 3.05) is 5.32 Å². The van der Waals surface area contributed by atoms with E-state index < -0.39 is 19.9 Å². The van der Waals surface area contributed by atoms with Gasteiger partial charge in [0.05, 0.1) is 0 Å². The van der Waals surface area contributed by atoms with Gasteiger partial charge in [0.1, 0.15) is 0 Å². The zero-order valence-corrected chi connectivity index (χ0v) is 15.3. The zero-order chi connectivity index (χ0) is 18.5. The number of nitrogens with one attached hydrogen (secondary N) is 1. The van der Waals surface area contributed by atoms with Crippen molar-refractivity contribution in [3.8, 4) is 5.75 Å². The number of benzene rings is 1. The monoisotopic (exact) mass is 398 g/mol. The van der Waals surface area contributed by atoms with Crippen LogP contribution in [0.3, 0.4) is 0 Å². The summed E-state index contributed by atoms with van der Waals surface area (Å²) in [5.41, 5.74) is 1.29. The predicted octanol–water partition coefficient (Wildman–Crippen LogP) is -0.152. The number of rotatable bonds is 2. The van der Waals surface area contributed by atoms with Gasteiger partial charge in [-0.05, 0) is 0 Å². The third-order valence-electron chi connectivity index (χ3n) is 3.05. The maximum Gasteiger partial charge on any atom is 0.189 e. The molecular weight excluding hydrogens is 379 g/mol. The van der Waals surface area contributed by atoms with Gasteiger partial charge in [0.2, 0.25) is 0 Å². The van der Waals surface area contributed by atoms with Crippen LogP contribution in [0.5, 0.6) is 5.75 Å². The maximum absolute atomic E-state index is 11.0. The number of anilines is 1. The van der Waals surface area contributed by atoms with Crippen molar-refractivity contribution in [2.45, 2.75) is 20.8 Å². The summed E-state index contributed by atoms with van der Waals surface area (Å²) < 4.78 is 29.5. The SMILES string of the molecule is CC(=O)Nc1ccc([As](=O)(O)O)c(O)c1C.Cc1cccc[n+]1[O-]. The van der Waals surface area contributed by atoms with Crippen molar-refractivity contribution in [1.82, 2.24) is 0 Å². The Hall–Kier alpha value is -2.28. The third-order valence-corrected chi connectivity index (χ3v) is 5.13. The molecule has 0 bridgehead atoms. The quantitative estimate of drug-likeness (QED) is 0.316. The average molecular weight is 398 g/mol. The molecule has 0 atom stereocenters. The first-order valence-electron chi connectivity index (χ1n) is 6.85. The molecule has 0 spiro atoms. The van der Waals surface area contributed by atoms with Gasteiger partial charge in [-0.1, -0.05) is 6.07 Å². The van der Waals surface area contributed by atoms with Gasteiger partial charge in [0.15, 0.2) is 11.9 Å². The molecule has 0 fully saturated rings. The maximum atomic E-state index is 11.0. The Morgan fingerprint density at radius 1 is 1.21 bits per heavy atom. The molecule has 0 unspecified atom stereocenters. The van der Waals surface area contributed by atoms with E-state index in [1.165, 1.54) is 26.1 Å². The van der Waals surface area contributed by atoms with Gasteiger partial charge >= 0.3 is 94.6 Å². The van der Waals surface area contributed by atoms with Gasteiger partial charge in [0.25, 0.3) is 0 Å². The number of aromatic nitrogens is 1. The summed E-state index contributed by atoms with van der Waals surface area (Å²) in [5, 5.41) is 22.6. The van der Waals surface area contributed by atoms with Gasteiger partial charge in [-0.25, -0.2) is 0 Å². The van der Waals surface area contributed by atoms with Crippen LogP contribution in [0.2, 0.25) is 0 Å². The summed E-state index contributed by atoms with van der Waals surface area (Å²) in [5.74, 6) is -0.796. The Morgan fingerprint density at radius 3 is 2.25 bits per heavy atom. The number of phenolic OH excluding ortho intramolecular Hbond substituents is 1. The Bertz CT molecular complexity index is 767. The van der Waals surface area contributed by atoms with E-state index in [1.54, 1.807) is 19.1 Å². The number of phenols is 1. The van der Waals surface area contributed by atoms with Gasteiger partial charge in [-0.2, -0.15) is 4.73 Å². The van der Waals surface area contributed by atoms with E-state index in [0.29, 0.717) is 5.69 Å². The van der Waals surface area contributed by atoms with E-state index in [0.717, 1.165) is 16.5 Å². The predicted molar refractivity (Wildman–Crippen MR) is 87.8 cm³/mol. The van der Waals surface area contributed by atoms with Crippen LogP contribution in [0.25, 0.3) is 0 Å². The molecule has 0 saturated carbocycles. The Morgan fingerprint density at radius 2 is 1.83 bits per heavy atom. The second kappa shape index (κ2) is 8.01. The second-order valence-electron chi connectivity index (χ2n) is 5.00. The van der Waals surface area contributed by atoms with Crippen LogP contribution in [0.4, 0.5) is 5.69 Å². The summed E-state index contributed by atoms with van der Waals surface area (Å²) in [6.07, 6.45) is 1.48. The fourth-order valence-corrected chi connectivity index (χ4v) is 3.25. The van der Waals surface area contributed by atoms with Crippen molar-refractivity contribution in [3.05, 3.63) is 53.0 Å². The minimum absolute atomic E-state index is 0.234. The number of aryl methyl sites for hydroxylation is 1. The standard InChI is InChI=1S/C9H12AsNO5.C6H7NO/c1-5-8(11-6(2)12)4-3-7(9(5)13)10(14,15)16;1-6-4-2-3-5-7(6)8/h3-4,13H,1-2H3,(H,11,12)(H2,14,15,16);2-5H,1H3. The van der Waals surface area contributed by atoms with Gasteiger partial charge in [0, 0.05) is 19.1 Å². The molecule has 0 saturated heterocycles. The van der Waals surface area contributed by atoms with Crippen LogP contribution < -0.4 is 14.4 Å². The van der Waals surface area contributed by atoms with Crippen molar-refractivity contribution < 1.29 is 26.6 Å². The Labute approximate surface area is 142 Å². The molecule has 1 aromatic heterocycles. The van der Waals surface area contributed by atoms with Crippen molar-refractivity contribution in [2.24, 2.45) is 0 Å². The van der Waals surface area contributed by atoms with Crippen molar-refractivity contribution in [1.29, 1.82) is 0 Å².